The van der Waals surface area contributed by atoms with Crippen LogP contribution in [0.2, 0.25) is 0 Å². The fraction of sp³-hybridized carbons (Fsp3) is 0.333. The molecule has 4 rings (SSSR count). The van der Waals surface area contributed by atoms with E-state index in [2.05, 4.69) is 22.4 Å². The van der Waals surface area contributed by atoms with Gasteiger partial charge in [0.15, 0.2) is 10.6 Å². The first-order valence-corrected chi connectivity index (χ1v) is 9.59. The summed E-state index contributed by atoms with van der Waals surface area (Å²) in [5.74, 6) is 0.511. The molecule has 1 aliphatic heterocycles. The summed E-state index contributed by atoms with van der Waals surface area (Å²) in [4.78, 5) is 3.84. The summed E-state index contributed by atoms with van der Waals surface area (Å²) in [6.45, 7) is 1.73. The molecule has 0 N–H and O–H groups in total. The lowest BCUT2D eigenvalue weighted by molar-refractivity contribution is 0.192. The fourth-order valence-corrected chi connectivity index (χ4v) is 4.48. The van der Waals surface area contributed by atoms with Gasteiger partial charge in [0.1, 0.15) is 5.82 Å². The second-order valence-electron chi connectivity index (χ2n) is 6.30. The molecule has 0 saturated carbocycles. The summed E-state index contributed by atoms with van der Waals surface area (Å²) in [5.41, 5.74) is 0.866. The van der Waals surface area contributed by atoms with Crippen molar-refractivity contribution in [2.24, 2.45) is 7.05 Å². The lowest BCUT2D eigenvalue weighted by Gasteiger charge is -2.23. The maximum atomic E-state index is 13.2. The van der Waals surface area contributed by atoms with Gasteiger partial charge in [0.25, 0.3) is 0 Å². The molecule has 25 heavy (non-hydrogen) atoms. The second-order valence-corrected chi connectivity index (χ2v) is 7.64. The predicted octanol–water partition coefficient (Wildman–Crippen LogP) is 4.61. The van der Waals surface area contributed by atoms with Gasteiger partial charge in [-0.15, -0.1) is 11.3 Å². The maximum absolute atomic E-state index is 13.2. The summed E-state index contributed by atoms with van der Waals surface area (Å²) >= 11 is 7.39. The van der Waals surface area contributed by atoms with Crippen molar-refractivity contribution < 1.29 is 4.39 Å². The Morgan fingerprint density at radius 3 is 2.80 bits per heavy atom. The predicted molar refractivity (Wildman–Crippen MR) is 100 cm³/mol. The van der Waals surface area contributed by atoms with Crippen molar-refractivity contribution in [3.63, 3.8) is 0 Å². The first-order chi connectivity index (χ1) is 12.1. The van der Waals surface area contributed by atoms with E-state index < -0.39 is 0 Å². The fourth-order valence-electron chi connectivity index (χ4n) is 3.40. The van der Waals surface area contributed by atoms with Crippen LogP contribution in [0.25, 0.3) is 11.4 Å². The summed E-state index contributed by atoms with van der Waals surface area (Å²) in [5, 5.41) is 6.83. The summed E-state index contributed by atoms with van der Waals surface area (Å²) in [7, 11) is 1.91. The average Bonchev–Trinajstić information content (AvgIpc) is 3.33. The number of aromatic nitrogens is 3. The number of rotatable bonds is 4. The molecule has 1 aromatic carbocycles. The van der Waals surface area contributed by atoms with Crippen molar-refractivity contribution in [3.05, 3.63) is 57.2 Å². The molecule has 0 aliphatic carbocycles. The highest BCUT2D eigenvalue weighted by Crippen LogP contribution is 2.34. The van der Waals surface area contributed by atoms with E-state index in [-0.39, 0.29) is 5.82 Å². The third-order valence-electron chi connectivity index (χ3n) is 4.69. The quantitative estimate of drug-likeness (QED) is 0.624. The number of thiophene rings is 1. The molecule has 2 aromatic heterocycles. The van der Waals surface area contributed by atoms with Crippen LogP contribution in [-0.2, 0) is 13.7 Å². The van der Waals surface area contributed by atoms with Crippen LogP contribution in [0, 0.1) is 10.6 Å². The zero-order chi connectivity index (χ0) is 17.4. The Bertz CT molecular complexity index is 912. The van der Waals surface area contributed by atoms with Gasteiger partial charge in [-0.3, -0.25) is 4.90 Å². The first-order valence-electron chi connectivity index (χ1n) is 8.31. The number of halogens is 1. The van der Waals surface area contributed by atoms with Gasteiger partial charge in [-0.1, -0.05) is 6.07 Å². The monoisotopic (exact) mass is 374 g/mol. The standard InChI is InChI=1S/C18H19FN4S2/c1-21-17(13-6-8-14(19)9-7-13)20-23(18(21)24)12-22-10-2-4-15(22)16-5-3-11-25-16/h3,5-9,11,15H,2,4,10,12H2,1H3/t15-/m0/s1. The van der Waals surface area contributed by atoms with Crippen LogP contribution in [0.4, 0.5) is 4.39 Å². The lowest BCUT2D eigenvalue weighted by Crippen LogP contribution is -2.26. The minimum atomic E-state index is -0.250. The molecule has 0 bridgehead atoms. The molecule has 0 spiro atoms. The SMILES string of the molecule is Cn1c(-c2ccc(F)cc2)nn(CN2CCC[C@H]2c2cccs2)c1=S. The van der Waals surface area contributed by atoms with Crippen molar-refractivity contribution in [2.45, 2.75) is 25.6 Å². The molecule has 0 amide bonds. The van der Waals surface area contributed by atoms with Gasteiger partial charge in [-0.05, 0) is 60.8 Å². The van der Waals surface area contributed by atoms with Crippen LogP contribution in [0.3, 0.4) is 0 Å². The second kappa shape index (κ2) is 6.82. The minimum absolute atomic E-state index is 0.250. The molecule has 1 saturated heterocycles. The van der Waals surface area contributed by atoms with E-state index in [1.54, 1.807) is 12.1 Å². The molecule has 3 aromatic rings. The van der Waals surface area contributed by atoms with E-state index in [4.69, 9.17) is 17.3 Å². The third kappa shape index (κ3) is 3.19. The van der Waals surface area contributed by atoms with E-state index in [1.165, 1.54) is 29.9 Å². The normalized spacial score (nSPS) is 18.1. The number of nitrogens with zero attached hydrogens (tertiary/aromatic N) is 4. The van der Waals surface area contributed by atoms with E-state index in [1.807, 2.05) is 27.6 Å². The van der Waals surface area contributed by atoms with Crippen LogP contribution >= 0.6 is 23.6 Å². The molecule has 130 valence electrons. The van der Waals surface area contributed by atoms with Crippen molar-refractivity contribution in [1.29, 1.82) is 0 Å². The van der Waals surface area contributed by atoms with Crippen LogP contribution in [0.15, 0.2) is 41.8 Å². The lowest BCUT2D eigenvalue weighted by atomic mass is 10.2. The minimum Gasteiger partial charge on any atom is -0.303 e. The first kappa shape index (κ1) is 16.6. The van der Waals surface area contributed by atoms with Crippen molar-refractivity contribution in [1.82, 2.24) is 19.2 Å². The Morgan fingerprint density at radius 1 is 1.28 bits per heavy atom. The zero-order valence-corrected chi connectivity index (χ0v) is 15.6. The smallest absolute Gasteiger partial charge is 0.199 e. The molecule has 3 heterocycles. The third-order valence-corrected chi connectivity index (χ3v) is 6.15. The van der Waals surface area contributed by atoms with E-state index in [0.717, 1.165) is 17.9 Å². The Morgan fingerprint density at radius 2 is 2.08 bits per heavy atom. The van der Waals surface area contributed by atoms with Crippen molar-refractivity contribution in [3.8, 4) is 11.4 Å². The van der Waals surface area contributed by atoms with Crippen LogP contribution < -0.4 is 0 Å². The highest BCUT2D eigenvalue weighted by Gasteiger charge is 2.27. The maximum Gasteiger partial charge on any atom is 0.199 e. The van der Waals surface area contributed by atoms with Crippen LogP contribution in [0.1, 0.15) is 23.8 Å². The average molecular weight is 375 g/mol. The van der Waals surface area contributed by atoms with Gasteiger partial charge >= 0.3 is 0 Å². The van der Waals surface area contributed by atoms with Gasteiger partial charge in [0, 0.05) is 30.1 Å². The van der Waals surface area contributed by atoms with Gasteiger partial charge < -0.3 is 4.57 Å². The molecule has 0 radical (unpaired) electrons. The summed E-state index contributed by atoms with van der Waals surface area (Å²) in [6.07, 6.45) is 2.36. The largest absolute Gasteiger partial charge is 0.303 e. The summed E-state index contributed by atoms with van der Waals surface area (Å²) < 4.78 is 17.6. The highest BCUT2D eigenvalue weighted by atomic mass is 32.1. The Kier molecular flexibility index (Phi) is 4.54. The van der Waals surface area contributed by atoms with E-state index >= 15 is 0 Å². The van der Waals surface area contributed by atoms with Crippen LogP contribution in [-0.4, -0.2) is 25.8 Å². The molecule has 0 unspecified atom stereocenters. The Balaban J connectivity index is 1.62. The molecular formula is C18H19FN4S2. The van der Waals surface area contributed by atoms with E-state index in [9.17, 15) is 4.39 Å². The zero-order valence-electron chi connectivity index (χ0n) is 13.9. The molecule has 4 nitrogen and oxygen atoms in total. The molecular weight excluding hydrogens is 355 g/mol. The van der Waals surface area contributed by atoms with Gasteiger partial charge in [-0.25, -0.2) is 9.07 Å². The Hall–Kier alpha value is -1.83. The molecule has 1 atom stereocenters. The molecule has 1 aliphatic rings. The summed E-state index contributed by atoms with van der Waals surface area (Å²) in [6, 6.07) is 11.1. The molecule has 1 fully saturated rings. The van der Waals surface area contributed by atoms with Gasteiger partial charge in [0.05, 0.1) is 6.67 Å². The van der Waals surface area contributed by atoms with E-state index in [0.29, 0.717) is 17.5 Å². The highest BCUT2D eigenvalue weighted by molar-refractivity contribution is 7.71. The van der Waals surface area contributed by atoms with Gasteiger partial charge in [0.2, 0.25) is 0 Å². The van der Waals surface area contributed by atoms with Crippen molar-refractivity contribution in [2.75, 3.05) is 6.54 Å². The Labute approximate surface area is 155 Å². The number of hydrogen-bond donors (Lipinski definition) is 0. The topological polar surface area (TPSA) is 26.0 Å². The number of likely N-dealkylation sites (tertiary alicyclic amines) is 1. The van der Waals surface area contributed by atoms with Crippen LogP contribution in [0.5, 0.6) is 0 Å². The molecule has 7 heteroatoms. The van der Waals surface area contributed by atoms with Gasteiger partial charge in [-0.2, -0.15) is 5.10 Å². The van der Waals surface area contributed by atoms with Crippen molar-refractivity contribution >= 4 is 23.6 Å². The number of benzene rings is 1. The number of hydrogen-bond acceptors (Lipinski definition) is 4.